The van der Waals surface area contributed by atoms with Gasteiger partial charge in [-0.1, -0.05) is 0 Å². The van der Waals surface area contributed by atoms with E-state index in [1.807, 2.05) is 0 Å². The molecule has 6 nitrogen and oxygen atoms in total. The van der Waals surface area contributed by atoms with E-state index in [1.165, 1.54) is 29.0 Å². The Morgan fingerprint density at radius 2 is 2.12 bits per heavy atom. The molecule has 1 saturated carbocycles. The van der Waals surface area contributed by atoms with E-state index in [1.54, 1.807) is 5.38 Å². The van der Waals surface area contributed by atoms with Gasteiger partial charge in [-0.2, -0.15) is 0 Å². The van der Waals surface area contributed by atoms with Crippen LogP contribution in [0, 0.1) is 5.82 Å². The summed E-state index contributed by atoms with van der Waals surface area (Å²) in [4.78, 5) is 3.58. The molecule has 9 heteroatoms. The van der Waals surface area contributed by atoms with Crippen LogP contribution < -0.4 is 15.4 Å². The fourth-order valence-electron chi connectivity index (χ4n) is 3.09. The zero-order valence-corrected chi connectivity index (χ0v) is 15.1. The van der Waals surface area contributed by atoms with Crippen molar-refractivity contribution in [2.75, 3.05) is 23.1 Å². The number of benzene rings is 1. The first-order valence-corrected chi connectivity index (χ1v) is 10.7. The van der Waals surface area contributed by atoms with Crippen LogP contribution in [-0.2, 0) is 10.0 Å². The normalized spacial score (nSPS) is 20.6. The van der Waals surface area contributed by atoms with Gasteiger partial charge in [-0.25, -0.2) is 17.8 Å². The molecule has 2 aliphatic rings. The lowest BCUT2D eigenvalue weighted by molar-refractivity contribution is 0.569. The van der Waals surface area contributed by atoms with E-state index in [-0.39, 0.29) is 16.8 Å². The lowest BCUT2D eigenvalue weighted by Gasteiger charge is -2.18. The van der Waals surface area contributed by atoms with Crippen molar-refractivity contribution in [2.24, 2.45) is 0 Å². The van der Waals surface area contributed by atoms with Gasteiger partial charge in [-0.3, -0.25) is 4.72 Å². The zero-order chi connectivity index (χ0) is 17.4. The van der Waals surface area contributed by atoms with Crippen LogP contribution >= 0.6 is 11.3 Å². The Balaban J connectivity index is 1.67. The molecule has 1 aliphatic heterocycles. The predicted octanol–water partition coefficient (Wildman–Crippen LogP) is 2.73. The minimum atomic E-state index is -4.01. The Morgan fingerprint density at radius 3 is 2.76 bits per heavy atom. The second kappa shape index (κ2) is 6.54. The molecule has 134 valence electrons. The van der Waals surface area contributed by atoms with E-state index < -0.39 is 15.8 Å². The van der Waals surface area contributed by atoms with Crippen LogP contribution in [0.4, 0.5) is 15.9 Å². The van der Waals surface area contributed by atoms with Gasteiger partial charge in [0, 0.05) is 23.7 Å². The highest BCUT2D eigenvalue weighted by Crippen LogP contribution is 2.45. The monoisotopic (exact) mass is 382 g/mol. The number of hydrogen-bond donors (Lipinski definition) is 3. The number of anilines is 2. The van der Waals surface area contributed by atoms with Crippen molar-refractivity contribution in [3.63, 3.8) is 0 Å². The maximum Gasteiger partial charge on any atom is 0.266 e. The summed E-state index contributed by atoms with van der Waals surface area (Å²) >= 11 is 1.27. The van der Waals surface area contributed by atoms with Gasteiger partial charge in [0.25, 0.3) is 10.0 Å². The third kappa shape index (κ3) is 3.63. The first-order valence-electron chi connectivity index (χ1n) is 8.24. The van der Waals surface area contributed by atoms with E-state index in [9.17, 15) is 12.8 Å². The first kappa shape index (κ1) is 16.7. The van der Waals surface area contributed by atoms with Crippen molar-refractivity contribution in [2.45, 2.75) is 36.1 Å². The van der Waals surface area contributed by atoms with Gasteiger partial charge in [0.05, 0.1) is 5.51 Å². The summed E-state index contributed by atoms with van der Waals surface area (Å²) in [5, 5.41) is 8.20. The Kier molecular flexibility index (Phi) is 4.38. The lowest BCUT2D eigenvalue weighted by Crippen LogP contribution is -2.23. The third-order valence-electron chi connectivity index (χ3n) is 4.50. The molecule has 2 aromatic rings. The zero-order valence-electron chi connectivity index (χ0n) is 13.5. The molecular weight excluding hydrogens is 363 g/mol. The number of sulfonamides is 1. The summed E-state index contributed by atoms with van der Waals surface area (Å²) in [5.74, 6) is -0.247. The van der Waals surface area contributed by atoms with Crippen LogP contribution in [0.25, 0.3) is 0 Å². The fraction of sp³-hybridized carbons (Fsp3) is 0.438. The number of nitrogens with one attached hydrogen (secondary N) is 3. The Labute approximate surface area is 149 Å². The topological polar surface area (TPSA) is 83.1 Å². The van der Waals surface area contributed by atoms with Crippen molar-refractivity contribution in [1.29, 1.82) is 0 Å². The fourth-order valence-corrected chi connectivity index (χ4v) is 4.74. The molecule has 3 N–H and O–H groups in total. The van der Waals surface area contributed by atoms with Crippen molar-refractivity contribution >= 4 is 32.9 Å². The highest BCUT2D eigenvalue weighted by Gasteiger charge is 2.31. The van der Waals surface area contributed by atoms with Crippen molar-refractivity contribution in [3.05, 3.63) is 34.4 Å². The van der Waals surface area contributed by atoms with Gasteiger partial charge >= 0.3 is 0 Å². The van der Waals surface area contributed by atoms with E-state index in [0.29, 0.717) is 11.6 Å². The molecule has 25 heavy (non-hydrogen) atoms. The molecule has 4 rings (SSSR count). The van der Waals surface area contributed by atoms with Gasteiger partial charge in [0.2, 0.25) is 0 Å². The number of thiazole rings is 1. The Hall–Kier alpha value is -1.71. The van der Waals surface area contributed by atoms with Crippen molar-refractivity contribution in [3.8, 4) is 0 Å². The molecule has 1 atom stereocenters. The van der Waals surface area contributed by atoms with Crippen LogP contribution in [-0.4, -0.2) is 32.5 Å². The van der Waals surface area contributed by atoms with Gasteiger partial charge in [0.15, 0.2) is 5.82 Å². The summed E-state index contributed by atoms with van der Waals surface area (Å²) < 4.78 is 42.1. The van der Waals surface area contributed by atoms with E-state index in [2.05, 4.69) is 20.3 Å². The molecule has 2 fully saturated rings. The summed E-state index contributed by atoms with van der Waals surface area (Å²) in [6, 6.07) is 3.04. The van der Waals surface area contributed by atoms with Crippen LogP contribution in [0.3, 0.4) is 0 Å². The smallest absolute Gasteiger partial charge is 0.266 e. The minimum Gasteiger partial charge on any atom is -0.381 e. The van der Waals surface area contributed by atoms with Gasteiger partial charge in [-0.05, 0) is 49.4 Å². The molecule has 0 bridgehead atoms. The van der Waals surface area contributed by atoms with Gasteiger partial charge in [0.1, 0.15) is 10.7 Å². The predicted molar refractivity (Wildman–Crippen MR) is 96.2 cm³/mol. The van der Waals surface area contributed by atoms with Crippen molar-refractivity contribution < 1.29 is 12.8 Å². The largest absolute Gasteiger partial charge is 0.381 e. The molecular formula is C16H19FN4O2S2. The molecule has 1 aromatic carbocycles. The van der Waals surface area contributed by atoms with E-state index >= 15 is 0 Å². The number of nitrogens with zero attached hydrogens (tertiary/aromatic N) is 1. The molecule has 1 aromatic heterocycles. The van der Waals surface area contributed by atoms with E-state index in [0.717, 1.165) is 37.9 Å². The Morgan fingerprint density at radius 1 is 1.28 bits per heavy atom. The highest BCUT2D eigenvalue weighted by atomic mass is 32.2. The Bertz CT molecular complexity index is 861. The maximum atomic E-state index is 14.6. The molecule has 0 radical (unpaired) electrons. The number of rotatable bonds is 6. The standard InChI is InChI=1S/C16H19FN4O2S2/c17-13-6-14(20-11-3-4-18-7-11)12(10-1-2-10)5-15(13)25(22,23)21-16-8-24-9-19-16/h5-6,8-11,18,20-21H,1-4,7H2. The average molecular weight is 382 g/mol. The van der Waals surface area contributed by atoms with Crippen molar-refractivity contribution in [1.82, 2.24) is 10.3 Å². The molecule has 1 unspecified atom stereocenters. The summed E-state index contributed by atoms with van der Waals surface area (Å²) in [7, 11) is -4.01. The van der Waals surface area contributed by atoms with Crippen LogP contribution in [0.2, 0.25) is 0 Å². The minimum absolute atomic E-state index is 0.205. The molecule has 2 heterocycles. The number of hydrogen-bond acceptors (Lipinski definition) is 6. The highest BCUT2D eigenvalue weighted by molar-refractivity contribution is 7.92. The molecule has 0 spiro atoms. The second-order valence-corrected chi connectivity index (χ2v) is 8.83. The molecule has 1 saturated heterocycles. The van der Waals surface area contributed by atoms with Crippen LogP contribution in [0.1, 0.15) is 30.7 Å². The van der Waals surface area contributed by atoms with Gasteiger partial charge in [-0.15, -0.1) is 11.3 Å². The molecule has 0 amide bonds. The SMILES string of the molecule is O=S(=O)(Nc1cscn1)c1cc(C2CC2)c(NC2CCNC2)cc1F. The number of aromatic nitrogens is 1. The molecule has 1 aliphatic carbocycles. The maximum absolute atomic E-state index is 14.6. The lowest BCUT2D eigenvalue weighted by atomic mass is 10.1. The second-order valence-electron chi connectivity index (χ2n) is 6.46. The van der Waals surface area contributed by atoms with Crippen LogP contribution in [0.5, 0.6) is 0 Å². The van der Waals surface area contributed by atoms with Gasteiger partial charge < -0.3 is 10.6 Å². The summed E-state index contributed by atoms with van der Waals surface area (Å²) in [5.41, 5.74) is 3.11. The first-order chi connectivity index (χ1) is 12.0. The average Bonchev–Trinajstić information content (AvgIpc) is 3.04. The van der Waals surface area contributed by atoms with E-state index in [4.69, 9.17) is 0 Å². The summed E-state index contributed by atoms with van der Waals surface area (Å²) in [6.45, 7) is 1.76. The quantitative estimate of drug-likeness (QED) is 0.716. The number of halogens is 1. The third-order valence-corrected chi connectivity index (χ3v) is 6.46. The summed E-state index contributed by atoms with van der Waals surface area (Å²) in [6.07, 6.45) is 2.97. The van der Waals surface area contributed by atoms with Crippen LogP contribution in [0.15, 0.2) is 27.9 Å².